The number of nitrogens with zero attached hydrogens (tertiary/aromatic N) is 3. The van der Waals surface area contributed by atoms with Crippen LogP contribution in [0.4, 0.5) is 11.6 Å². The third-order valence-electron chi connectivity index (χ3n) is 4.28. The lowest BCUT2D eigenvalue weighted by Gasteiger charge is -2.21. The highest BCUT2D eigenvalue weighted by Crippen LogP contribution is 2.22. The zero-order chi connectivity index (χ0) is 19.2. The van der Waals surface area contributed by atoms with Crippen LogP contribution in [-0.4, -0.2) is 22.4 Å². The first kappa shape index (κ1) is 18.6. The van der Waals surface area contributed by atoms with Crippen molar-refractivity contribution in [1.82, 2.24) is 15.3 Å². The Labute approximate surface area is 160 Å². The van der Waals surface area contributed by atoms with Crippen LogP contribution < -0.4 is 10.2 Å². The Balaban J connectivity index is 1.76. The van der Waals surface area contributed by atoms with Gasteiger partial charge in [-0.15, -0.1) is 0 Å². The Morgan fingerprint density at radius 2 is 1.78 bits per heavy atom. The van der Waals surface area contributed by atoms with Gasteiger partial charge in [0, 0.05) is 25.0 Å². The quantitative estimate of drug-likeness (QED) is 0.716. The van der Waals surface area contributed by atoms with Crippen molar-refractivity contribution in [2.45, 2.75) is 27.3 Å². The topological polar surface area (TPSA) is 58.1 Å². The second kappa shape index (κ2) is 8.45. The fraction of sp³-hybridized carbons (Fsp3) is 0.227. The molecule has 0 aliphatic rings. The lowest BCUT2D eigenvalue weighted by atomic mass is 10.1. The number of rotatable bonds is 6. The molecule has 0 fully saturated rings. The average Bonchev–Trinajstić information content (AvgIpc) is 2.67. The third-order valence-corrected chi connectivity index (χ3v) is 4.28. The zero-order valence-corrected chi connectivity index (χ0v) is 15.9. The minimum atomic E-state index is -0.208. The van der Waals surface area contributed by atoms with E-state index in [0.717, 1.165) is 16.8 Å². The van der Waals surface area contributed by atoms with Crippen molar-refractivity contribution < 1.29 is 4.79 Å². The van der Waals surface area contributed by atoms with Gasteiger partial charge >= 0.3 is 0 Å². The molecule has 0 unspecified atom stereocenters. The van der Waals surface area contributed by atoms with Crippen LogP contribution in [0.15, 0.2) is 60.8 Å². The molecule has 0 bridgehead atoms. The summed E-state index contributed by atoms with van der Waals surface area (Å²) in [6, 6.07) is 17.9. The first-order valence-corrected chi connectivity index (χ1v) is 9.08. The molecule has 1 N–H and O–H groups in total. The van der Waals surface area contributed by atoms with Gasteiger partial charge in [-0.05, 0) is 50.1 Å². The smallest absolute Gasteiger partial charge is 0.270 e. The molecule has 0 atom stereocenters. The molecule has 1 amide bonds. The molecule has 0 saturated heterocycles. The van der Waals surface area contributed by atoms with Crippen LogP contribution in [0.25, 0.3) is 0 Å². The number of aromatic nitrogens is 2. The van der Waals surface area contributed by atoms with Crippen molar-refractivity contribution in [3.05, 3.63) is 83.2 Å². The summed E-state index contributed by atoms with van der Waals surface area (Å²) in [5.41, 5.74) is 4.77. The predicted octanol–water partition coefficient (Wildman–Crippen LogP) is 4.18. The van der Waals surface area contributed by atoms with Crippen LogP contribution in [0.1, 0.15) is 34.1 Å². The standard InChI is InChI=1S/C22H24N4O/c1-4-26(19-10-6-8-17(3)14-19)22-23-12-11-20(25-22)21(27)24-15-18-9-5-7-16(2)13-18/h5-14H,4,15H2,1-3H3,(H,24,27). The Bertz CT molecular complexity index is 939. The monoisotopic (exact) mass is 360 g/mol. The van der Waals surface area contributed by atoms with E-state index in [-0.39, 0.29) is 5.91 Å². The average molecular weight is 360 g/mol. The van der Waals surface area contributed by atoms with Gasteiger partial charge < -0.3 is 10.2 Å². The maximum absolute atomic E-state index is 12.5. The van der Waals surface area contributed by atoms with Crippen LogP contribution in [0, 0.1) is 13.8 Å². The van der Waals surface area contributed by atoms with Crippen molar-refractivity contribution in [2.24, 2.45) is 0 Å². The Morgan fingerprint density at radius 1 is 1.04 bits per heavy atom. The molecule has 5 nitrogen and oxygen atoms in total. The highest BCUT2D eigenvalue weighted by atomic mass is 16.1. The molecule has 0 radical (unpaired) electrons. The van der Waals surface area contributed by atoms with Gasteiger partial charge in [0.1, 0.15) is 5.69 Å². The summed E-state index contributed by atoms with van der Waals surface area (Å²) in [6.45, 7) is 7.29. The normalized spacial score (nSPS) is 10.5. The van der Waals surface area contributed by atoms with Crippen LogP contribution in [0.5, 0.6) is 0 Å². The molecule has 3 aromatic rings. The fourth-order valence-corrected chi connectivity index (χ4v) is 2.94. The zero-order valence-electron chi connectivity index (χ0n) is 15.9. The van der Waals surface area contributed by atoms with Crippen molar-refractivity contribution >= 4 is 17.5 Å². The highest BCUT2D eigenvalue weighted by Gasteiger charge is 2.14. The minimum absolute atomic E-state index is 0.208. The second-order valence-electron chi connectivity index (χ2n) is 6.50. The van der Waals surface area contributed by atoms with Gasteiger partial charge in [0.05, 0.1) is 0 Å². The number of benzene rings is 2. The SMILES string of the molecule is CCN(c1cccc(C)c1)c1nccc(C(=O)NCc2cccc(C)c2)n1. The van der Waals surface area contributed by atoms with Crippen LogP contribution in [0.2, 0.25) is 0 Å². The molecule has 3 rings (SSSR count). The van der Waals surface area contributed by atoms with Gasteiger partial charge in [-0.2, -0.15) is 0 Å². The summed E-state index contributed by atoms with van der Waals surface area (Å²) in [5, 5.41) is 2.93. The number of carbonyl (C=O) groups is 1. The molecule has 2 aromatic carbocycles. The Hall–Kier alpha value is -3.21. The maximum atomic E-state index is 12.5. The molecule has 0 aliphatic heterocycles. The van der Waals surface area contributed by atoms with E-state index in [1.807, 2.05) is 62.1 Å². The summed E-state index contributed by atoms with van der Waals surface area (Å²) in [6.07, 6.45) is 1.63. The number of hydrogen-bond acceptors (Lipinski definition) is 4. The van der Waals surface area contributed by atoms with Crippen molar-refractivity contribution in [2.75, 3.05) is 11.4 Å². The van der Waals surface area contributed by atoms with Gasteiger partial charge in [0.15, 0.2) is 0 Å². The molecule has 138 valence electrons. The summed E-state index contributed by atoms with van der Waals surface area (Å²) >= 11 is 0. The number of carbonyl (C=O) groups excluding carboxylic acids is 1. The first-order chi connectivity index (χ1) is 13.1. The van der Waals surface area contributed by atoms with Crippen LogP contribution >= 0.6 is 0 Å². The molecule has 0 aliphatic carbocycles. The Morgan fingerprint density at radius 3 is 2.48 bits per heavy atom. The molecule has 27 heavy (non-hydrogen) atoms. The lowest BCUT2D eigenvalue weighted by Crippen LogP contribution is -2.25. The molecule has 0 saturated carbocycles. The second-order valence-corrected chi connectivity index (χ2v) is 6.50. The number of anilines is 2. The first-order valence-electron chi connectivity index (χ1n) is 9.08. The number of nitrogens with one attached hydrogen (secondary N) is 1. The van der Waals surface area contributed by atoms with Crippen LogP contribution in [0.3, 0.4) is 0 Å². The van der Waals surface area contributed by atoms with E-state index in [2.05, 4.69) is 27.4 Å². The molecule has 0 spiro atoms. The van der Waals surface area contributed by atoms with E-state index in [1.54, 1.807) is 12.3 Å². The van der Waals surface area contributed by atoms with Crippen molar-refractivity contribution in [3.63, 3.8) is 0 Å². The summed E-state index contributed by atoms with van der Waals surface area (Å²) < 4.78 is 0. The van der Waals surface area contributed by atoms with Gasteiger partial charge in [0.2, 0.25) is 5.95 Å². The van der Waals surface area contributed by atoms with E-state index in [1.165, 1.54) is 5.56 Å². The summed E-state index contributed by atoms with van der Waals surface area (Å²) in [5.74, 6) is 0.312. The highest BCUT2D eigenvalue weighted by molar-refractivity contribution is 5.92. The van der Waals surface area contributed by atoms with Gasteiger partial charge in [-0.1, -0.05) is 42.0 Å². The van der Waals surface area contributed by atoms with Crippen molar-refractivity contribution in [3.8, 4) is 0 Å². The fourth-order valence-electron chi connectivity index (χ4n) is 2.94. The van der Waals surface area contributed by atoms with Gasteiger partial charge in [0.25, 0.3) is 5.91 Å². The number of aryl methyl sites for hydroxylation is 2. The van der Waals surface area contributed by atoms with E-state index in [0.29, 0.717) is 24.7 Å². The number of hydrogen-bond donors (Lipinski definition) is 1. The van der Waals surface area contributed by atoms with Gasteiger partial charge in [-0.25, -0.2) is 9.97 Å². The Kier molecular flexibility index (Phi) is 5.81. The van der Waals surface area contributed by atoms with E-state index in [4.69, 9.17) is 0 Å². The maximum Gasteiger partial charge on any atom is 0.270 e. The summed E-state index contributed by atoms with van der Waals surface area (Å²) in [4.78, 5) is 23.4. The molecular formula is C22H24N4O. The molecule has 1 aromatic heterocycles. The largest absolute Gasteiger partial charge is 0.347 e. The molecular weight excluding hydrogens is 336 g/mol. The number of amides is 1. The molecule has 1 heterocycles. The summed E-state index contributed by atoms with van der Waals surface area (Å²) in [7, 11) is 0. The minimum Gasteiger partial charge on any atom is -0.347 e. The van der Waals surface area contributed by atoms with Crippen molar-refractivity contribution in [1.29, 1.82) is 0 Å². The van der Waals surface area contributed by atoms with Crippen LogP contribution in [-0.2, 0) is 6.54 Å². The van der Waals surface area contributed by atoms with E-state index >= 15 is 0 Å². The van der Waals surface area contributed by atoms with Gasteiger partial charge in [-0.3, -0.25) is 4.79 Å². The van der Waals surface area contributed by atoms with E-state index in [9.17, 15) is 4.79 Å². The predicted molar refractivity (Wildman–Crippen MR) is 108 cm³/mol. The lowest BCUT2D eigenvalue weighted by molar-refractivity contribution is 0.0946. The van der Waals surface area contributed by atoms with E-state index < -0.39 is 0 Å². The molecule has 5 heteroatoms. The third kappa shape index (κ3) is 4.70.